The third-order valence-corrected chi connectivity index (χ3v) is 3.86. The van der Waals surface area contributed by atoms with E-state index < -0.39 is 0 Å². The van der Waals surface area contributed by atoms with Gasteiger partial charge in [0, 0.05) is 0 Å². The summed E-state index contributed by atoms with van der Waals surface area (Å²) in [5.41, 5.74) is 8.55. The van der Waals surface area contributed by atoms with Gasteiger partial charge in [0.05, 0.1) is 6.54 Å². The first kappa shape index (κ1) is 15.3. The van der Waals surface area contributed by atoms with E-state index in [1.165, 1.54) is 12.1 Å². The van der Waals surface area contributed by atoms with Gasteiger partial charge in [-0.3, -0.25) is 5.73 Å². The van der Waals surface area contributed by atoms with Gasteiger partial charge in [0.25, 0.3) is 0 Å². The minimum absolute atomic E-state index is 0.265. The molecule has 120 valence electrons. The number of para-hydroxylation sites is 2. The minimum Gasteiger partial charge on any atom is -0.490 e. The molecule has 23 heavy (non-hydrogen) atoms. The summed E-state index contributed by atoms with van der Waals surface area (Å²) in [6.07, 6.45) is 1.02. The van der Waals surface area contributed by atoms with Crippen LogP contribution in [0.4, 0.5) is 10.3 Å². The highest BCUT2D eigenvalue weighted by atomic mass is 19.1. The highest BCUT2D eigenvalue weighted by Gasteiger charge is 2.19. The van der Waals surface area contributed by atoms with Gasteiger partial charge in [0.15, 0.2) is 0 Å². The first-order chi connectivity index (χ1) is 11.2. The minimum atomic E-state index is -0.265. The number of rotatable bonds is 6. The number of aromatic nitrogens is 2. The first-order valence-corrected chi connectivity index (χ1v) is 7.85. The molecule has 0 aliphatic carbocycles. The summed E-state index contributed by atoms with van der Waals surface area (Å²) in [5, 5.41) is 0. The van der Waals surface area contributed by atoms with Gasteiger partial charge in [-0.05, 0) is 42.8 Å². The number of nitrogens with two attached hydrogens (primary N) is 1. The van der Waals surface area contributed by atoms with Gasteiger partial charge < -0.3 is 4.74 Å². The molecule has 0 unspecified atom stereocenters. The fourth-order valence-corrected chi connectivity index (χ4v) is 2.79. The maximum atomic E-state index is 12.9. The maximum absolute atomic E-state index is 12.9. The second-order valence-electron chi connectivity index (χ2n) is 5.45. The van der Waals surface area contributed by atoms with Crippen LogP contribution in [-0.4, -0.2) is 11.2 Å². The van der Waals surface area contributed by atoms with Crippen LogP contribution in [0.25, 0.3) is 11.0 Å². The highest BCUT2D eigenvalue weighted by molar-refractivity contribution is 5.73. The Morgan fingerprint density at radius 1 is 1.13 bits per heavy atom. The molecule has 0 amide bonds. The quantitative estimate of drug-likeness (QED) is 0.710. The van der Waals surface area contributed by atoms with Crippen LogP contribution in [0.3, 0.4) is 0 Å². The molecule has 2 aromatic carbocycles. The molecule has 0 atom stereocenters. The van der Waals surface area contributed by atoms with Crippen molar-refractivity contribution in [2.75, 3.05) is 12.3 Å². The molecule has 0 bridgehead atoms. The van der Waals surface area contributed by atoms with Crippen LogP contribution in [-0.2, 0) is 13.1 Å². The van der Waals surface area contributed by atoms with Crippen molar-refractivity contribution in [2.24, 2.45) is 0 Å². The number of hydrogen-bond donors (Lipinski definition) is 1. The molecule has 3 rings (SSSR count). The third-order valence-electron chi connectivity index (χ3n) is 3.86. The molecule has 1 aromatic heterocycles. The molecular weight excluding hydrogens is 293 g/mol. The van der Waals surface area contributed by atoms with Gasteiger partial charge in [-0.2, -0.15) is 0 Å². The first-order valence-electron chi connectivity index (χ1n) is 7.85. The van der Waals surface area contributed by atoms with Crippen LogP contribution in [0, 0.1) is 5.82 Å². The average Bonchev–Trinajstić information content (AvgIpc) is 2.83. The predicted octanol–water partition coefficient (Wildman–Crippen LogP) is 3.14. The summed E-state index contributed by atoms with van der Waals surface area (Å²) < 4.78 is 22.8. The van der Waals surface area contributed by atoms with Gasteiger partial charge in [-0.25, -0.2) is 13.5 Å². The molecule has 0 saturated carbocycles. The van der Waals surface area contributed by atoms with Gasteiger partial charge in [-0.15, -0.1) is 0 Å². The fraction of sp³-hybridized carbons (Fsp3) is 0.278. The van der Waals surface area contributed by atoms with E-state index in [-0.39, 0.29) is 5.82 Å². The van der Waals surface area contributed by atoms with Crippen molar-refractivity contribution in [2.45, 2.75) is 26.4 Å². The van der Waals surface area contributed by atoms with Crippen molar-refractivity contribution < 1.29 is 13.7 Å². The SMILES string of the molecule is CCC[n+]1c(N)n(CCOc2ccc(F)cc2)c2ccccc21. The van der Waals surface area contributed by atoms with Crippen LogP contribution >= 0.6 is 0 Å². The number of hydrogen-bond acceptors (Lipinski definition) is 2. The van der Waals surface area contributed by atoms with E-state index in [1.54, 1.807) is 12.1 Å². The standard InChI is InChI=1S/C18H20FN3O/c1-2-11-21-16-5-3-4-6-17(16)22(18(21)20)12-13-23-15-9-7-14(19)8-10-15/h3-10,20H,2,11-13H2,1H3/p+1. The maximum Gasteiger partial charge on any atom is 0.356 e. The van der Waals surface area contributed by atoms with Crippen molar-refractivity contribution in [3.05, 3.63) is 54.3 Å². The highest BCUT2D eigenvalue weighted by Crippen LogP contribution is 2.17. The van der Waals surface area contributed by atoms with Gasteiger partial charge in [0.1, 0.15) is 35.8 Å². The Balaban J connectivity index is 1.79. The summed E-state index contributed by atoms with van der Waals surface area (Å²) in [6.45, 7) is 4.13. The second kappa shape index (κ2) is 6.69. The van der Waals surface area contributed by atoms with Crippen LogP contribution < -0.4 is 15.0 Å². The lowest BCUT2D eigenvalue weighted by atomic mass is 10.3. The van der Waals surface area contributed by atoms with Gasteiger partial charge in [-0.1, -0.05) is 19.1 Å². The fourth-order valence-electron chi connectivity index (χ4n) is 2.79. The summed E-state index contributed by atoms with van der Waals surface area (Å²) in [7, 11) is 0. The predicted molar refractivity (Wildman–Crippen MR) is 88.7 cm³/mol. The van der Waals surface area contributed by atoms with Crippen LogP contribution in [0.1, 0.15) is 13.3 Å². The molecule has 0 aliphatic rings. The summed E-state index contributed by atoms with van der Waals surface area (Å²) in [5.74, 6) is 1.12. The third kappa shape index (κ3) is 3.13. The number of ether oxygens (including phenoxy) is 1. The molecule has 1 heterocycles. The van der Waals surface area contributed by atoms with Crippen molar-refractivity contribution in [3.63, 3.8) is 0 Å². The number of anilines is 1. The molecular formula is C18H21FN3O+. The average molecular weight is 314 g/mol. The lowest BCUT2D eigenvalue weighted by Gasteiger charge is -2.06. The number of imidazole rings is 1. The van der Waals surface area contributed by atoms with E-state index in [4.69, 9.17) is 10.5 Å². The van der Waals surface area contributed by atoms with E-state index in [1.807, 2.05) is 12.1 Å². The Kier molecular flexibility index (Phi) is 4.46. The monoisotopic (exact) mass is 314 g/mol. The Morgan fingerprint density at radius 3 is 2.61 bits per heavy atom. The molecule has 3 aromatic rings. The van der Waals surface area contributed by atoms with Crippen molar-refractivity contribution in [3.8, 4) is 5.75 Å². The second-order valence-corrected chi connectivity index (χ2v) is 5.45. The van der Waals surface area contributed by atoms with E-state index in [0.29, 0.717) is 18.9 Å². The number of nitrogens with zero attached hydrogens (tertiary/aromatic N) is 2. The van der Waals surface area contributed by atoms with E-state index in [9.17, 15) is 4.39 Å². The molecule has 0 fully saturated rings. The molecule has 0 spiro atoms. The Morgan fingerprint density at radius 2 is 1.87 bits per heavy atom. The number of fused-ring (bicyclic) bond motifs is 1. The zero-order valence-corrected chi connectivity index (χ0v) is 13.2. The molecule has 2 N–H and O–H groups in total. The molecule has 0 aliphatic heterocycles. The Bertz CT molecular complexity index is 796. The van der Waals surface area contributed by atoms with Crippen LogP contribution in [0.2, 0.25) is 0 Å². The normalized spacial score (nSPS) is 11.0. The van der Waals surface area contributed by atoms with Crippen molar-refractivity contribution >= 4 is 17.0 Å². The van der Waals surface area contributed by atoms with Crippen molar-refractivity contribution in [1.29, 1.82) is 0 Å². The summed E-state index contributed by atoms with van der Waals surface area (Å²) >= 11 is 0. The smallest absolute Gasteiger partial charge is 0.356 e. The zero-order chi connectivity index (χ0) is 16.2. The molecule has 4 nitrogen and oxygen atoms in total. The van der Waals surface area contributed by atoms with Crippen LogP contribution in [0.15, 0.2) is 48.5 Å². The van der Waals surface area contributed by atoms with E-state index in [2.05, 4.69) is 28.2 Å². The summed E-state index contributed by atoms with van der Waals surface area (Å²) in [4.78, 5) is 0. The number of aryl methyl sites for hydroxylation is 1. The lowest BCUT2D eigenvalue weighted by Crippen LogP contribution is -2.36. The largest absolute Gasteiger partial charge is 0.490 e. The summed E-state index contributed by atoms with van der Waals surface area (Å²) in [6, 6.07) is 14.2. The Labute approximate surface area is 134 Å². The number of halogens is 1. The zero-order valence-electron chi connectivity index (χ0n) is 13.2. The molecule has 5 heteroatoms. The van der Waals surface area contributed by atoms with Crippen molar-refractivity contribution in [1.82, 2.24) is 4.57 Å². The van der Waals surface area contributed by atoms with Gasteiger partial charge in [0.2, 0.25) is 0 Å². The molecule has 0 radical (unpaired) electrons. The van der Waals surface area contributed by atoms with Crippen LogP contribution in [0.5, 0.6) is 5.75 Å². The van der Waals surface area contributed by atoms with E-state index in [0.717, 1.165) is 29.9 Å². The van der Waals surface area contributed by atoms with Gasteiger partial charge >= 0.3 is 5.95 Å². The Hall–Kier alpha value is -2.56. The molecule has 0 saturated heterocycles. The number of benzene rings is 2. The number of nitrogen functional groups attached to an aromatic ring is 1. The topological polar surface area (TPSA) is 44.1 Å². The van der Waals surface area contributed by atoms with E-state index >= 15 is 0 Å². The lowest BCUT2D eigenvalue weighted by molar-refractivity contribution is -0.657.